The van der Waals surface area contributed by atoms with Crippen LogP contribution in [-0.4, -0.2) is 40.2 Å². The second-order valence-corrected chi connectivity index (χ2v) is 6.64. The first-order valence-electron chi connectivity index (χ1n) is 8.08. The predicted molar refractivity (Wildman–Crippen MR) is 93.9 cm³/mol. The Morgan fingerprint density at radius 3 is 2.88 bits per heavy atom. The SMILES string of the molecule is COc1ccc2c(c1)OC(C)(C)CN(C(=O)Nc1nccc(C)n1)C2. The number of nitrogens with one attached hydrogen (secondary N) is 1. The summed E-state index contributed by atoms with van der Waals surface area (Å²) in [5, 5.41) is 2.76. The van der Waals surface area contributed by atoms with Gasteiger partial charge in [0.25, 0.3) is 0 Å². The van der Waals surface area contributed by atoms with E-state index in [1.54, 1.807) is 24.3 Å². The van der Waals surface area contributed by atoms with Gasteiger partial charge in [0.15, 0.2) is 0 Å². The number of aromatic nitrogens is 2. The number of nitrogens with zero attached hydrogens (tertiary/aromatic N) is 3. The molecule has 132 valence electrons. The molecule has 25 heavy (non-hydrogen) atoms. The van der Waals surface area contributed by atoms with Crippen molar-refractivity contribution in [1.29, 1.82) is 0 Å². The summed E-state index contributed by atoms with van der Waals surface area (Å²) in [5.41, 5.74) is 1.18. The molecule has 2 heterocycles. The lowest BCUT2D eigenvalue weighted by Crippen LogP contribution is -2.45. The molecule has 0 atom stereocenters. The van der Waals surface area contributed by atoms with Crippen LogP contribution in [0.4, 0.5) is 10.7 Å². The minimum atomic E-state index is -0.539. The second kappa shape index (κ2) is 6.58. The number of urea groups is 1. The van der Waals surface area contributed by atoms with Gasteiger partial charge in [-0.2, -0.15) is 0 Å². The van der Waals surface area contributed by atoms with Crippen LogP contribution in [0.25, 0.3) is 0 Å². The van der Waals surface area contributed by atoms with Crippen molar-refractivity contribution >= 4 is 12.0 Å². The number of anilines is 1. The van der Waals surface area contributed by atoms with Gasteiger partial charge < -0.3 is 14.4 Å². The van der Waals surface area contributed by atoms with Crippen LogP contribution < -0.4 is 14.8 Å². The molecule has 1 N–H and O–H groups in total. The monoisotopic (exact) mass is 342 g/mol. The van der Waals surface area contributed by atoms with Gasteiger partial charge in [-0.15, -0.1) is 0 Å². The number of carbonyl (C=O) groups is 1. The van der Waals surface area contributed by atoms with Crippen LogP contribution in [0.3, 0.4) is 0 Å². The van der Waals surface area contributed by atoms with Gasteiger partial charge in [0, 0.05) is 23.5 Å². The maximum atomic E-state index is 12.7. The van der Waals surface area contributed by atoms with Crippen molar-refractivity contribution in [2.24, 2.45) is 0 Å². The highest BCUT2D eigenvalue weighted by molar-refractivity contribution is 5.87. The smallest absolute Gasteiger partial charge is 0.324 e. The number of ether oxygens (including phenoxy) is 2. The molecule has 0 radical (unpaired) electrons. The molecule has 0 bridgehead atoms. The van der Waals surface area contributed by atoms with Crippen molar-refractivity contribution < 1.29 is 14.3 Å². The topological polar surface area (TPSA) is 76.6 Å². The van der Waals surface area contributed by atoms with E-state index in [1.807, 2.05) is 39.0 Å². The molecule has 2 aromatic rings. The molecule has 1 aliphatic heterocycles. The molecular weight excluding hydrogens is 320 g/mol. The summed E-state index contributed by atoms with van der Waals surface area (Å²) >= 11 is 0. The van der Waals surface area contributed by atoms with Gasteiger partial charge in [-0.3, -0.25) is 5.32 Å². The number of fused-ring (bicyclic) bond motifs is 1. The van der Waals surface area contributed by atoms with E-state index in [2.05, 4.69) is 15.3 Å². The average molecular weight is 342 g/mol. The lowest BCUT2D eigenvalue weighted by atomic mass is 10.1. The fraction of sp³-hybridized carbons (Fsp3) is 0.389. The highest BCUT2D eigenvalue weighted by Gasteiger charge is 2.32. The van der Waals surface area contributed by atoms with E-state index in [-0.39, 0.29) is 6.03 Å². The minimum Gasteiger partial charge on any atom is -0.497 e. The summed E-state index contributed by atoms with van der Waals surface area (Å²) in [7, 11) is 1.62. The van der Waals surface area contributed by atoms with Crippen LogP contribution in [0, 0.1) is 6.92 Å². The molecule has 1 aliphatic rings. The Morgan fingerprint density at radius 1 is 1.36 bits per heavy atom. The van der Waals surface area contributed by atoms with Crippen molar-refractivity contribution in [1.82, 2.24) is 14.9 Å². The van der Waals surface area contributed by atoms with E-state index in [1.165, 1.54) is 0 Å². The van der Waals surface area contributed by atoms with E-state index in [0.717, 1.165) is 22.8 Å². The van der Waals surface area contributed by atoms with Crippen molar-refractivity contribution in [2.75, 3.05) is 19.0 Å². The molecule has 3 rings (SSSR count). The molecule has 0 spiro atoms. The quantitative estimate of drug-likeness (QED) is 0.908. The fourth-order valence-electron chi connectivity index (χ4n) is 2.77. The predicted octanol–water partition coefficient (Wildman–Crippen LogP) is 3.00. The molecule has 0 aliphatic carbocycles. The van der Waals surface area contributed by atoms with Crippen molar-refractivity contribution in [3.63, 3.8) is 0 Å². The Balaban J connectivity index is 1.84. The van der Waals surface area contributed by atoms with E-state index in [4.69, 9.17) is 9.47 Å². The van der Waals surface area contributed by atoms with Gasteiger partial charge in [-0.1, -0.05) is 0 Å². The molecule has 0 saturated heterocycles. The molecule has 0 fully saturated rings. The number of hydrogen-bond donors (Lipinski definition) is 1. The van der Waals surface area contributed by atoms with Crippen LogP contribution >= 0.6 is 0 Å². The van der Waals surface area contributed by atoms with Crippen molar-refractivity contribution in [3.05, 3.63) is 41.7 Å². The Bertz CT molecular complexity index is 792. The van der Waals surface area contributed by atoms with Gasteiger partial charge in [-0.25, -0.2) is 14.8 Å². The first kappa shape index (κ1) is 17.0. The minimum absolute atomic E-state index is 0.258. The van der Waals surface area contributed by atoms with Gasteiger partial charge in [0.05, 0.1) is 20.2 Å². The number of benzene rings is 1. The molecule has 0 saturated carbocycles. The van der Waals surface area contributed by atoms with Crippen LogP contribution in [0.5, 0.6) is 11.5 Å². The third kappa shape index (κ3) is 3.99. The molecular formula is C18H22N4O3. The standard InChI is InChI=1S/C18H22N4O3/c1-12-7-8-19-16(20-12)21-17(23)22-10-13-5-6-14(24-4)9-15(13)25-18(2,3)11-22/h5-9H,10-11H2,1-4H3,(H,19,20,21,23). The maximum absolute atomic E-state index is 12.7. The first-order valence-corrected chi connectivity index (χ1v) is 8.08. The van der Waals surface area contributed by atoms with Gasteiger partial charge in [0.1, 0.15) is 17.1 Å². The van der Waals surface area contributed by atoms with Crippen LogP contribution in [-0.2, 0) is 6.54 Å². The van der Waals surface area contributed by atoms with Gasteiger partial charge in [-0.05, 0) is 39.0 Å². The molecule has 7 nitrogen and oxygen atoms in total. The molecule has 0 unspecified atom stereocenters. The van der Waals surface area contributed by atoms with Crippen LogP contribution in [0.2, 0.25) is 0 Å². The van der Waals surface area contributed by atoms with Crippen molar-refractivity contribution in [3.8, 4) is 11.5 Å². The highest BCUT2D eigenvalue weighted by Crippen LogP contribution is 2.32. The third-order valence-corrected chi connectivity index (χ3v) is 3.89. The summed E-state index contributed by atoms with van der Waals surface area (Å²) in [6.07, 6.45) is 1.62. The zero-order chi connectivity index (χ0) is 18.0. The van der Waals surface area contributed by atoms with E-state index in [0.29, 0.717) is 19.0 Å². The number of aryl methyl sites for hydroxylation is 1. The molecule has 2 amide bonds. The zero-order valence-corrected chi connectivity index (χ0v) is 14.9. The van der Waals surface area contributed by atoms with Crippen LogP contribution in [0.15, 0.2) is 30.5 Å². The Morgan fingerprint density at radius 2 is 2.16 bits per heavy atom. The third-order valence-electron chi connectivity index (χ3n) is 3.89. The van der Waals surface area contributed by atoms with E-state index in [9.17, 15) is 4.79 Å². The Labute approximate surface area is 147 Å². The average Bonchev–Trinajstić information content (AvgIpc) is 2.68. The maximum Gasteiger partial charge on any atom is 0.324 e. The lowest BCUT2D eigenvalue weighted by Gasteiger charge is -2.29. The van der Waals surface area contributed by atoms with E-state index < -0.39 is 5.60 Å². The number of methoxy groups -OCH3 is 1. The fourth-order valence-corrected chi connectivity index (χ4v) is 2.77. The first-order chi connectivity index (χ1) is 11.9. The number of amides is 2. The van der Waals surface area contributed by atoms with Crippen LogP contribution in [0.1, 0.15) is 25.1 Å². The van der Waals surface area contributed by atoms with Gasteiger partial charge >= 0.3 is 6.03 Å². The van der Waals surface area contributed by atoms with Crippen molar-refractivity contribution in [2.45, 2.75) is 32.9 Å². The van der Waals surface area contributed by atoms with E-state index >= 15 is 0 Å². The second-order valence-electron chi connectivity index (χ2n) is 6.64. The molecule has 7 heteroatoms. The summed E-state index contributed by atoms with van der Waals surface area (Å²) in [6, 6.07) is 7.15. The Hall–Kier alpha value is -2.83. The number of carbonyl (C=O) groups excluding carboxylic acids is 1. The molecule has 1 aromatic carbocycles. The lowest BCUT2D eigenvalue weighted by molar-refractivity contribution is 0.0832. The summed E-state index contributed by atoms with van der Waals surface area (Å²) < 4.78 is 11.4. The highest BCUT2D eigenvalue weighted by atomic mass is 16.5. The van der Waals surface area contributed by atoms with Gasteiger partial charge in [0.2, 0.25) is 5.95 Å². The summed E-state index contributed by atoms with van der Waals surface area (Å²) in [5.74, 6) is 1.75. The number of rotatable bonds is 2. The molecule has 1 aromatic heterocycles. The normalized spacial score (nSPS) is 15.6. The largest absolute Gasteiger partial charge is 0.497 e. The summed E-state index contributed by atoms with van der Waals surface area (Å²) in [4.78, 5) is 22.7. The zero-order valence-electron chi connectivity index (χ0n) is 14.9. The Kier molecular flexibility index (Phi) is 4.48. The summed E-state index contributed by atoms with van der Waals surface area (Å²) in [6.45, 7) is 6.61. The number of hydrogen-bond acceptors (Lipinski definition) is 5.